The predicted molar refractivity (Wildman–Crippen MR) is 168 cm³/mol. The van der Waals surface area contributed by atoms with E-state index in [-0.39, 0.29) is 23.6 Å². The highest BCUT2D eigenvalue weighted by atomic mass is 16.5. The van der Waals surface area contributed by atoms with Crippen molar-refractivity contribution in [3.8, 4) is 5.75 Å². The summed E-state index contributed by atoms with van der Waals surface area (Å²) < 4.78 is 11.2. The van der Waals surface area contributed by atoms with Gasteiger partial charge in [-0.2, -0.15) is 15.0 Å². The minimum Gasteiger partial charge on any atom is -0.508 e. The summed E-state index contributed by atoms with van der Waals surface area (Å²) in [5.74, 6) is 0.960. The summed E-state index contributed by atoms with van der Waals surface area (Å²) in [6.07, 6.45) is -0.732. The summed E-state index contributed by atoms with van der Waals surface area (Å²) in [5, 5.41) is 32.1. The molecule has 13 heteroatoms. The first-order valence-corrected chi connectivity index (χ1v) is 14.1. The number of benzene rings is 3. The first kappa shape index (κ1) is 32.1. The monoisotopic (exact) mass is 602 g/mol. The molecule has 0 aliphatic heterocycles. The lowest BCUT2D eigenvalue weighted by molar-refractivity contribution is 0.0459. The van der Waals surface area contributed by atoms with Gasteiger partial charge in [0.2, 0.25) is 17.8 Å². The zero-order valence-electron chi connectivity index (χ0n) is 24.7. The van der Waals surface area contributed by atoms with Crippen LogP contribution in [0.25, 0.3) is 0 Å². The minimum absolute atomic E-state index is 0.0898. The molecule has 1 heterocycles. The zero-order valence-corrected chi connectivity index (χ0v) is 24.7. The smallest absolute Gasteiger partial charge is 0.253 e. The number of carbonyl (C=O) groups is 1. The number of aliphatic hydroxyl groups excluding tert-OH is 1. The van der Waals surface area contributed by atoms with Crippen LogP contribution in [-0.2, 0) is 9.47 Å². The van der Waals surface area contributed by atoms with E-state index >= 15 is 0 Å². The lowest BCUT2D eigenvalue weighted by Gasteiger charge is -2.13. The fraction of sp³-hybridized carbons (Fsp3) is 0.290. The van der Waals surface area contributed by atoms with Crippen LogP contribution < -0.4 is 21.3 Å². The molecule has 0 bridgehead atoms. The molecule has 0 spiro atoms. The van der Waals surface area contributed by atoms with E-state index in [9.17, 15) is 15.0 Å². The number of rotatable bonds is 17. The third-order valence-electron chi connectivity index (χ3n) is 6.15. The molecule has 0 fully saturated rings. The number of phenolic OH excluding ortho intramolecular Hbond substituents is 1. The van der Waals surface area contributed by atoms with Crippen LogP contribution in [0.15, 0.2) is 78.9 Å². The van der Waals surface area contributed by atoms with Crippen molar-refractivity contribution in [3.63, 3.8) is 0 Å². The van der Waals surface area contributed by atoms with Crippen LogP contribution in [0.4, 0.5) is 29.2 Å². The lowest BCUT2D eigenvalue weighted by atomic mass is 10.2. The molecule has 3 aromatic carbocycles. The normalized spacial score (nSPS) is 11.5. The van der Waals surface area contributed by atoms with Crippen molar-refractivity contribution in [2.45, 2.75) is 6.23 Å². The van der Waals surface area contributed by atoms with Gasteiger partial charge in [-0.05, 0) is 54.1 Å². The molecule has 0 radical (unpaired) electrons. The number of carbonyl (C=O) groups excluding carboxylic acids is 1. The van der Waals surface area contributed by atoms with Crippen molar-refractivity contribution in [3.05, 3.63) is 90.0 Å². The summed E-state index contributed by atoms with van der Waals surface area (Å²) in [6.45, 7) is 2.61. The summed E-state index contributed by atoms with van der Waals surface area (Å²) in [7, 11) is 3.41. The van der Waals surface area contributed by atoms with Crippen LogP contribution >= 0.6 is 0 Å². The maximum atomic E-state index is 12.2. The summed E-state index contributed by atoms with van der Waals surface area (Å²) >= 11 is 0. The molecule has 0 saturated heterocycles. The minimum atomic E-state index is -0.732. The van der Waals surface area contributed by atoms with Gasteiger partial charge >= 0.3 is 0 Å². The van der Waals surface area contributed by atoms with Crippen LogP contribution in [0, 0.1) is 0 Å². The van der Waals surface area contributed by atoms with Gasteiger partial charge in [-0.3, -0.25) is 10.1 Å². The van der Waals surface area contributed by atoms with Crippen LogP contribution in [0.3, 0.4) is 0 Å². The number of hydrogen-bond acceptors (Lipinski definition) is 12. The maximum Gasteiger partial charge on any atom is 0.253 e. The highest BCUT2D eigenvalue weighted by Crippen LogP contribution is 2.21. The maximum absolute atomic E-state index is 12.2. The molecule has 6 N–H and O–H groups in total. The quantitative estimate of drug-likeness (QED) is 0.0593. The zero-order chi connectivity index (χ0) is 31.1. The highest BCUT2D eigenvalue weighted by molar-refractivity contribution is 5.94. The van der Waals surface area contributed by atoms with Crippen molar-refractivity contribution in [1.29, 1.82) is 0 Å². The average Bonchev–Trinajstić information content (AvgIpc) is 3.03. The highest BCUT2D eigenvalue weighted by Gasteiger charge is 2.11. The first-order valence-electron chi connectivity index (χ1n) is 14.1. The second-order valence-corrected chi connectivity index (χ2v) is 9.80. The van der Waals surface area contributed by atoms with E-state index < -0.39 is 6.23 Å². The van der Waals surface area contributed by atoms with Crippen LogP contribution in [0.2, 0.25) is 0 Å². The van der Waals surface area contributed by atoms with Gasteiger partial charge in [0.05, 0.1) is 26.4 Å². The van der Waals surface area contributed by atoms with E-state index in [1.54, 1.807) is 62.6 Å². The standard InChI is InChI=1S/C31H38N8O5/c1-39(2)28(42)23-8-10-24(11-9-23)34-30-36-29(37-31(38-30)35-25-12-14-26(40)15-13-25)33-17-19-44-21-20-43-18-16-32-27(41)22-6-4-3-5-7-22/h3-15,27,32,40-41H,16-21H2,1-2H3,(H3,33,34,35,36,37,38). The molecule has 1 unspecified atom stereocenters. The van der Waals surface area contributed by atoms with Gasteiger partial charge in [0, 0.05) is 44.1 Å². The number of ether oxygens (including phenoxy) is 2. The molecule has 0 aliphatic rings. The Hall–Kier alpha value is -4.82. The molecule has 0 aliphatic carbocycles. The first-order chi connectivity index (χ1) is 21.4. The number of aromatic hydroxyl groups is 1. The fourth-order valence-corrected chi connectivity index (χ4v) is 3.90. The Kier molecular flexibility index (Phi) is 12.2. The Morgan fingerprint density at radius 2 is 1.30 bits per heavy atom. The Bertz CT molecular complexity index is 1440. The SMILES string of the molecule is CN(C)C(=O)c1ccc(Nc2nc(NCCOCCOCCNC(O)c3ccccc3)nc(Nc3ccc(O)cc3)n2)cc1. The Labute approximate surface area is 256 Å². The van der Waals surface area contributed by atoms with Crippen molar-refractivity contribution in [2.24, 2.45) is 0 Å². The summed E-state index contributed by atoms with van der Waals surface area (Å²) in [5.41, 5.74) is 2.75. The summed E-state index contributed by atoms with van der Waals surface area (Å²) in [6, 6.07) is 22.9. The molecule has 232 valence electrons. The molecular formula is C31H38N8O5. The van der Waals surface area contributed by atoms with Gasteiger partial charge in [-0.25, -0.2) is 0 Å². The van der Waals surface area contributed by atoms with Crippen LogP contribution in [0.5, 0.6) is 5.75 Å². The number of aromatic nitrogens is 3. The molecule has 4 aromatic rings. The van der Waals surface area contributed by atoms with E-state index in [0.717, 1.165) is 5.56 Å². The topological polar surface area (TPSA) is 166 Å². The summed E-state index contributed by atoms with van der Waals surface area (Å²) in [4.78, 5) is 27.1. The third-order valence-corrected chi connectivity index (χ3v) is 6.15. The molecule has 1 atom stereocenters. The van der Waals surface area contributed by atoms with E-state index in [0.29, 0.717) is 62.4 Å². The molecule has 13 nitrogen and oxygen atoms in total. The van der Waals surface area contributed by atoms with Gasteiger partial charge in [0.15, 0.2) is 0 Å². The van der Waals surface area contributed by atoms with Crippen molar-refractivity contribution in [2.75, 3.05) is 69.6 Å². The molecule has 4 rings (SSSR count). The molecule has 0 saturated carbocycles. The van der Waals surface area contributed by atoms with Gasteiger partial charge < -0.3 is 40.5 Å². The van der Waals surface area contributed by atoms with Gasteiger partial charge in [-0.15, -0.1) is 0 Å². The van der Waals surface area contributed by atoms with Crippen LogP contribution in [0.1, 0.15) is 22.1 Å². The fourth-order valence-electron chi connectivity index (χ4n) is 3.90. The van der Waals surface area contributed by atoms with Crippen LogP contribution in [-0.4, -0.2) is 89.6 Å². The van der Waals surface area contributed by atoms with Gasteiger partial charge in [-0.1, -0.05) is 30.3 Å². The van der Waals surface area contributed by atoms with E-state index in [1.807, 2.05) is 30.3 Å². The van der Waals surface area contributed by atoms with Crippen molar-refractivity contribution < 1.29 is 24.5 Å². The largest absolute Gasteiger partial charge is 0.508 e. The lowest BCUT2D eigenvalue weighted by Crippen LogP contribution is -2.25. The van der Waals surface area contributed by atoms with Crippen molar-refractivity contribution in [1.82, 2.24) is 25.2 Å². The van der Waals surface area contributed by atoms with Crippen molar-refractivity contribution >= 4 is 35.1 Å². The number of nitrogens with zero attached hydrogens (tertiary/aromatic N) is 4. The number of phenols is 1. The second-order valence-electron chi connectivity index (χ2n) is 9.80. The average molecular weight is 603 g/mol. The molecule has 1 aromatic heterocycles. The Balaban J connectivity index is 1.24. The Morgan fingerprint density at radius 1 is 0.750 bits per heavy atom. The Morgan fingerprint density at radius 3 is 1.89 bits per heavy atom. The number of aliphatic hydroxyl groups is 1. The van der Waals surface area contributed by atoms with E-state index in [1.165, 1.54) is 4.90 Å². The number of amides is 1. The number of hydrogen-bond donors (Lipinski definition) is 6. The second kappa shape index (κ2) is 16.7. The predicted octanol–water partition coefficient (Wildman–Crippen LogP) is 3.49. The third kappa shape index (κ3) is 10.5. The van der Waals surface area contributed by atoms with Gasteiger partial charge in [0.1, 0.15) is 12.0 Å². The van der Waals surface area contributed by atoms with E-state index in [2.05, 4.69) is 36.2 Å². The molecular weight excluding hydrogens is 564 g/mol. The number of nitrogens with one attached hydrogen (secondary N) is 4. The number of anilines is 5. The molecule has 1 amide bonds. The van der Waals surface area contributed by atoms with Gasteiger partial charge in [0.25, 0.3) is 5.91 Å². The van der Waals surface area contributed by atoms with E-state index in [4.69, 9.17) is 9.47 Å². The molecule has 44 heavy (non-hydrogen) atoms.